The molecule has 0 aliphatic carbocycles. The molecule has 3 nitrogen and oxygen atoms in total. The number of hydrogen-bond acceptors (Lipinski definition) is 4. The molecule has 0 unspecified atom stereocenters. The number of halogens is 3. The summed E-state index contributed by atoms with van der Waals surface area (Å²) in [5.41, 5.74) is 3.06. The van der Waals surface area contributed by atoms with E-state index < -0.39 is 0 Å². The molecular formula is C20H13Cl3N2OS2. The lowest BCUT2D eigenvalue weighted by Gasteiger charge is -2.19. The van der Waals surface area contributed by atoms with Crippen LogP contribution in [-0.4, -0.2) is 10.9 Å². The van der Waals surface area contributed by atoms with Crippen molar-refractivity contribution < 1.29 is 4.79 Å². The first-order valence-corrected chi connectivity index (χ1v) is 11.1. The van der Waals surface area contributed by atoms with Gasteiger partial charge in [-0.05, 0) is 36.2 Å². The van der Waals surface area contributed by atoms with E-state index >= 15 is 0 Å². The number of anilines is 1. The number of fused-ring (bicyclic) bond motifs is 1. The van der Waals surface area contributed by atoms with Gasteiger partial charge in [0.25, 0.3) is 5.91 Å². The quantitative estimate of drug-likeness (QED) is 0.312. The Hall–Kier alpha value is -1.63. The number of rotatable bonds is 4. The fourth-order valence-electron chi connectivity index (χ4n) is 2.83. The number of aromatic nitrogens is 1. The molecule has 0 aliphatic heterocycles. The minimum absolute atomic E-state index is 0.236. The largest absolute Gasteiger partial charge is 0.279 e. The Morgan fingerprint density at radius 3 is 2.50 bits per heavy atom. The first-order valence-electron chi connectivity index (χ1n) is 8.30. The van der Waals surface area contributed by atoms with E-state index in [-0.39, 0.29) is 5.91 Å². The number of benzene rings is 2. The lowest BCUT2D eigenvalue weighted by atomic mass is 10.2. The molecule has 0 atom stereocenters. The smallest absolute Gasteiger partial charge is 0.262 e. The number of carbonyl (C=O) groups is 1. The van der Waals surface area contributed by atoms with E-state index in [1.807, 2.05) is 49.4 Å². The summed E-state index contributed by atoms with van der Waals surface area (Å²) < 4.78 is 1.81. The van der Waals surface area contributed by atoms with Crippen molar-refractivity contribution in [2.75, 3.05) is 4.90 Å². The van der Waals surface area contributed by atoms with E-state index in [0.29, 0.717) is 30.9 Å². The number of thiazole rings is 1. The van der Waals surface area contributed by atoms with Gasteiger partial charge in [0.05, 0.1) is 26.7 Å². The van der Waals surface area contributed by atoms with Gasteiger partial charge in [-0.15, -0.1) is 11.3 Å². The molecule has 0 fully saturated rings. The van der Waals surface area contributed by atoms with Gasteiger partial charge < -0.3 is 0 Å². The van der Waals surface area contributed by atoms with Gasteiger partial charge in [0, 0.05) is 5.02 Å². The third-order valence-electron chi connectivity index (χ3n) is 4.28. The van der Waals surface area contributed by atoms with Crippen LogP contribution in [0.1, 0.15) is 21.5 Å². The Morgan fingerprint density at radius 2 is 1.82 bits per heavy atom. The summed E-state index contributed by atoms with van der Waals surface area (Å²) in [5.74, 6) is -0.236. The van der Waals surface area contributed by atoms with Crippen molar-refractivity contribution in [3.8, 4) is 0 Å². The second-order valence-corrected chi connectivity index (χ2v) is 9.83. The van der Waals surface area contributed by atoms with Gasteiger partial charge in [-0.2, -0.15) is 0 Å². The van der Waals surface area contributed by atoms with Crippen molar-refractivity contribution in [1.82, 2.24) is 4.98 Å². The van der Waals surface area contributed by atoms with Crippen LogP contribution in [0.15, 0.2) is 48.5 Å². The molecule has 2 heterocycles. The summed E-state index contributed by atoms with van der Waals surface area (Å²) in [7, 11) is 0. The topological polar surface area (TPSA) is 33.2 Å². The van der Waals surface area contributed by atoms with Gasteiger partial charge in [0.15, 0.2) is 5.13 Å². The Balaban J connectivity index is 1.82. The van der Waals surface area contributed by atoms with Crippen LogP contribution in [0.2, 0.25) is 13.7 Å². The highest BCUT2D eigenvalue weighted by atomic mass is 35.5. The summed E-state index contributed by atoms with van der Waals surface area (Å²) in [6.45, 7) is 2.29. The van der Waals surface area contributed by atoms with Crippen molar-refractivity contribution in [3.63, 3.8) is 0 Å². The lowest BCUT2D eigenvalue weighted by Crippen LogP contribution is -2.30. The maximum absolute atomic E-state index is 13.3. The van der Waals surface area contributed by atoms with Gasteiger partial charge in [0.1, 0.15) is 4.34 Å². The zero-order valence-corrected chi connectivity index (χ0v) is 18.5. The van der Waals surface area contributed by atoms with E-state index in [4.69, 9.17) is 39.8 Å². The fourth-order valence-corrected chi connectivity index (χ4v) is 5.45. The summed E-state index contributed by atoms with van der Waals surface area (Å²) in [6.07, 6.45) is 0. The Morgan fingerprint density at radius 1 is 1.07 bits per heavy atom. The lowest BCUT2D eigenvalue weighted by molar-refractivity contribution is 0.0985. The molecule has 4 rings (SSSR count). The highest BCUT2D eigenvalue weighted by molar-refractivity contribution is 7.22. The second-order valence-electron chi connectivity index (χ2n) is 6.13. The molecule has 0 N–H and O–H groups in total. The highest BCUT2D eigenvalue weighted by Crippen LogP contribution is 2.37. The molecule has 142 valence electrons. The monoisotopic (exact) mass is 466 g/mol. The molecule has 2 aromatic carbocycles. The molecule has 0 radical (unpaired) electrons. The third kappa shape index (κ3) is 3.78. The number of aryl methyl sites for hydroxylation is 1. The maximum atomic E-state index is 13.3. The van der Waals surface area contributed by atoms with Crippen molar-refractivity contribution >= 4 is 78.7 Å². The van der Waals surface area contributed by atoms with Crippen LogP contribution >= 0.6 is 57.5 Å². The Bertz CT molecular complexity index is 1170. The van der Waals surface area contributed by atoms with Gasteiger partial charge >= 0.3 is 0 Å². The summed E-state index contributed by atoms with van der Waals surface area (Å²) in [5, 5.41) is 1.24. The van der Waals surface area contributed by atoms with Crippen LogP contribution in [0.3, 0.4) is 0 Å². The van der Waals surface area contributed by atoms with Crippen LogP contribution in [0.5, 0.6) is 0 Å². The summed E-state index contributed by atoms with van der Waals surface area (Å²) in [6, 6.07) is 15.1. The molecule has 2 aromatic heterocycles. The van der Waals surface area contributed by atoms with Crippen LogP contribution < -0.4 is 4.90 Å². The molecule has 0 bridgehead atoms. The minimum atomic E-state index is -0.236. The van der Waals surface area contributed by atoms with Gasteiger partial charge in [-0.3, -0.25) is 9.69 Å². The van der Waals surface area contributed by atoms with Gasteiger partial charge in [-0.1, -0.05) is 76.5 Å². The maximum Gasteiger partial charge on any atom is 0.262 e. The van der Waals surface area contributed by atoms with Gasteiger partial charge in [0.2, 0.25) is 0 Å². The summed E-state index contributed by atoms with van der Waals surface area (Å²) >= 11 is 21.2. The molecule has 1 amide bonds. The van der Waals surface area contributed by atoms with Crippen LogP contribution in [0.25, 0.3) is 10.2 Å². The third-order valence-corrected chi connectivity index (χ3v) is 7.22. The standard InChI is InChI=1S/C20H13Cl3N2OS2/c1-11-14(21)7-8-15-17(11)24-20(27-15)25(10-12-5-3-2-4-6-12)19(26)13-9-16(22)28-18(13)23/h2-9H,10H2,1H3. The average molecular weight is 468 g/mol. The van der Waals surface area contributed by atoms with E-state index in [1.54, 1.807) is 11.0 Å². The van der Waals surface area contributed by atoms with E-state index in [9.17, 15) is 4.79 Å². The zero-order valence-electron chi connectivity index (χ0n) is 14.6. The molecule has 4 aromatic rings. The van der Waals surface area contributed by atoms with Crippen LogP contribution in [-0.2, 0) is 6.54 Å². The van der Waals surface area contributed by atoms with E-state index in [0.717, 1.165) is 21.3 Å². The van der Waals surface area contributed by atoms with E-state index in [2.05, 4.69) is 0 Å². The number of nitrogens with zero attached hydrogens (tertiary/aromatic N) is 2. The van der Waals surface area contributed by atoms with Crippen LogP contribution in [0.4, 0.5) is 5.13 Å². The Labute approximate surface area is 185 Å². The molecule has 28 heavy (non-hydrogen) atoms. The fraction of sp³-hybridized carbons (Fsp3) is 0.100. The predicted molar refractivity (Wildman–Crippen MR) is 121 cm³/mol. The van der Waals surface area contributed by atoms with Crippen molar-refractivity contribution in [2.24, 2.45) is 0 Å². The minimum Gasteiger partial charge on any atom is -0.279 e. The van der Waals surface area contributed by atoms with Crippen molar-refractivity contribution in [2.45, 2.75) is 13.5 Å². The van der Waals surface area contributed by atoms with Crippen LogP contribution in [0, 0.1) is 6.92 Å². The molecule has 8 heteroatoms. The highest BCUT2D eigenvalue weighted by Gasteiger charge is 2.25. The number of thiophene rings is 1. The van der Waals surface area contributed by atoms with Crippen molar-refractivity contribution in [3.05, 3.63) is 78.9 Å². The predicted octanol–water partition coefficient (Wildman–Crippen LogP) is 7.47. The number of amides is 1. The molecular weight excluding hydrogens is 455 g/mol. The molecule has 0 aliphatic rings. The van der Waals surface area contributed by atoms with E-state index in [1.165, 1.54) is 22.7 Å². The first-order chi connectivity index (χ1) is 13.4. The molecule has 0 spiro atoms. The molecule has 0 saturated heterocycles. The normalized spacial score (nSPS) is 11.1. The zero-order chi connectivity index (χ0) is 19.8. The summed E-state index contributed by atoms with van der Waals surface area (Å²) in [4.78, 5) is 19.7. The van der Waals surface area contributed by atoms with Gasteiger partial charge in [-0.25, -0.2) is 4.98 Å². The first kappa shape index (κ1) is 19.7. The SMILES string of the molecule is Cc1c(Cl)ccc2sc(N(Cc3ccccc3)C(=O)c3cc(Cl)sc3Cl)nc12. The second kappa shape index (κ2) is 8.01. The number of carbonyl (C=O) groups excluding carboxylic acids is 1. The number of hydrogen-bond donors (Lipinski definition) is 0. The average Bonchev–Trinajstić information content (AvgIpc) is 3.26. The van der Waals surface area contributed by atoms with Crippen molar-refractivity contribution in [1.29, 1.82) is 0 Å². The Kier molecular flexibility index (Phi) is 5.63. The molecule has 0 saturated carbocycles.